The van der Waals surface area contributed by atoms with Gasteiger partial charge in [0.15, 0.2) is 0 Å². The molecular formula is C14H26N2O2. The maximum absolute atomic E-state index is 11.8. The predicted molar refractivity (Wildman–Crippen MR) is 71.4 cm³/mol. The van der Waals surface area contributed by atoms with Gasteiger partial charge in [-0.05, 0) is 38.5 Å². The lowest BCUT2D eigenvalue weighted by molar-refractivity contribution is -0.136. The largest absolute Gasteiger partial charge is 0.363 e. The summed E-state index contributed by atoms with van der Waals surface area (Å²) in [6.45, 7) is 6.20. The third kappa shape index (κ3) is 3.69. The van der Waals surface area contributed by atoms with Crippen molar-refractivity contribution >= 4 is 5.91 Å². The summed E-state index contributed by atoms with van der Waals surface area (Å²) in [4.78, 5) is 11.8. The number of amides is 1. The second-order valence-corrected chi connectivity index (χ2v) is 6.04. The van der Waals surface area contributed by atoms with Crippen LogP contribution in [0.3, 0.4) is 0 Å². The Morgan fingerprint density at radius 2 is 2.00 bits per heavy atom. The molecule has 4 nitrogen and oxygen atoms in total. The molecule has 1 aliphatic carbocycles. The number of hydrogen-bond donors (Lipinski definition) is 2. The van der Waals surface area contributed by atoms with Crippen LogP contribution in [0.5, 0.6) is 0 Å². The standard InChI is InChI=1S/C14H26N2O2/c1-3-11-4-6-12(7-5-11)16-13(17)8-18-14(2)9-15-10-14/h11-12,15H,3-10H2,1-2H3,(H,16,17). The fourth-order valence-electron chi connectivity index (χ4n) is 2.80. The smallest absolute Gasteiger partial charge is 0.246 e. The van der Waals surface area contributed by atoms with E-state index in [4.69, 9.17) is 4.74 Å². The molecule has 2 rings (SSSR count). The Hall–Kier alpha value is -0.610. The van der Waals surface area contributed by atoms with Gasteiger partial charge in [-0.15, -0.1) is 0 Å². The first kappa shape index (κ1) is 13.8. The lowest BCUT2D eigenvalue weighted by atomic mass is 9.84. The van der Waals surface area contributed by atoms with E-state index in [1.165, 1.54) is 19.3 Å². The molecule has 2 aliphatic rings. The van der Waals surface area contributed by atoms with Gasteiger partial charge in [-0.2, -0.15) is 0 Å². The summed E-state index contributed by atoms with van der Waals surface area (Å²) in [6.07, 6.45) is 6.04. The number of nitrogens with one attached hydrogen (secondary N) is 2. The molecule has 1 saturated carbocycles. The van der Waals surface area contributed by atoms with Crippen LogP contribution in [0.15, 0.2) is 0 Å². The molecule has 18 heavy (non-hydrogen) atoms. The lowest BCUT2D eigenvalue weighted by Gasteiger charge is -2.39. The highest BCUT2D eigenvalue weighted by Gasteiger charge is 2.33. The van der Waals surface area contributed by atoms with Gasteiger partial charge >= 0.3 is 0 Å². The number of rotatable bonds is 5. The van der Waals surface area contributed by atoms with Gasteiger partial charge in [0.05, 0.1) is 5.60 Å². The van der Waals surface area contributed by atoms with Gasteiger partial charge < -0.3 is 15.4 Å². The van der Waals surface area contributed by atoms with Crippen LogP contribution in [-0.4, -0.2) is 37.2 Å². The lowest BCUT2D eigenvalue weighted by Crippen LogP contribution is -2.59. The van der Waals surface area contributed by atoms with E-state index in [-0.39, 0.29) is 18.1 Å². The molecule has 0 aromatic heterocycles. The van der Waals surface area contributed by atoms with Crippen LogP contribution in [-0.2, 0) is 9.53 Å². The Morgan fingerprint density at radius 3 is 2.50 bits per heavy atom. The fourth-order valence-corrected chi connectivity index (χ4v) is 2.80. The van der Waals surface area contributed by atoms with Crippen molar-refractivity contribution in [3.63, 3.8) is 0 Å². The van der Waals surface area contributed by atoms with Crippen molar-refractivity contribution in [1.82, 2.24) is 10.6 Å². The van der Waals surface area contributed by atoms with Crippen LogP contribution in [0.1, 0.15) is 46.0 Å². The first-order valence-corrected chi connectivity index (χ1v) is 7.25. The number of hydrogen-bond acceptors (Lipinski definition) is 3. The van der Waals surface area contributed by atoms with Crippen LogP contribution < -0.4 is 10.6 Å². The highest BCUT2D eigenvalue weighted by atomic mass is 16.5. The maximum atomic E-state index is 11.8. The highest BCUT2D eigenvalue weighted by Crippen LogP contribution is 2.26. The van der Waals surface area contributed by atoms with Gasteiger partial charge in [0.1, 0.15) is 6.61 Å². The zero-order chi connectivity index (χ0) is 13.0. The summed E-state index contributed by atoms with van der Waals surface area (Å²) in [5.41, 5.74) is -0.128. The van der Waals surface area contributed by atoms with Crippen molar-refractivity contribution < 1.29 is 9.53 Å². The molecule has 104 valence electrons. The minimum atomic E-state index is -0.128. The highest BCUT2D eigenvalue weighted by molar-refractivity contribution is 5.77. The summed E-state index contributed by atoms with van der Waals surface area (Å²) < 4.78 is 5.64. The topological polar surface area (TPSA) is 50.4 Å². The van der Waals surface area contributed by atoms with Crippen molar-refractivity contribution in [3.8, 4) is 0 Å². The van der Waals surface area contributed by atoms with E-state index in [2.05, 4.69) is 17.6 Å². The summed E-state index contributed by atoms with van der Waals surface area (Å²) in [6, 6.07) is 0.372. The average molecular weight is 254 g/mol. The second kappa shape index (κ2) is 6.02. The summed E-state index contributed by atoms with van der Waals surface area (Å²) in [5, 5.41) is 6.26. The SMILES string of the molecule is CCC1CCC(NC(=O)COC2(C)CNC2)CC1. The molecule has 0 atom stereocenters. The molecule has 0 bridgehead atoms. The third-order valence-electron chi connectivity index (χ3n) is 4.34. The Balaban J connectivity index is 1.62. The Kier molecular flexibility index (Phi) is 4.62. The van der Waals surface area contributed by atoms with E-state index >= 15 is 0 Å². The molecule has 1 heterocycles. The van der Waals surface area contributed by atoms with Gasteiger partial charge in [-0.25, -0.2) is 0 Å². The van der Waals surface area contributed by atoms with E-state index in [1.807, 2.05) is 6.92 Å². The van der Waals surface area contributed by atoms with E-state index in [0.717, 1.165) is 31.8 Å². The van der Waals surface area contributed by atoms with Gasteiger partial charge in [-0.3, -0.25) is 4.79 Å². The Bertz CT molecular complexity index is 282. The van der Waals surface area contributed by atoms with Crippen LogP contribution in [0.4, 0.5) is 0 Å². The van der Waals surface area contributed by atoms with Crippen molar-refractivity contribution in [2.24, 2.45) is 5.92 Å². The molecule has 1 saturated heterocycles. The molecule has 4 heteroatoms. The van der Waals surface area contributed by atoms with Crippen LogP contribution in [0.25, 0.3) is 0 Å². The molecule has 1 amide bonds. The average Bonchev–Trinajstić information content (AvgIpc) is 2.35. The van der Waals surface area contributed by atoms with Crippen LogP contribution >= 0.6 is 0 Å². The molecule has 2 N–H and O–H groups in total. The molecule has 2 fully saturated rings. The summed E-state index contributed by atoms with van der Waals surface area (Å²) >= 11 is 0. The van der Waals surface area contributed by atoms with Crippen molar-refractivity contribution in [1.29, 1.82) is 0 Å². The fraction of sp³-hybridized carbons (Fsp3) is 0.929. The second-order valence-electron chi connectivity index (χ2n) is 6.04. The van der Waals surface area contributed by atoms with Gasteiger partial charge in [0.2, 0.25) is 5.91 Å². The van der Waals surface area contributed by atoms with E-state index in [1.54, 1.807) is 0 Å². The Morgan fingerprint density at radius 1 is 1.33 bits per heavy atom. The van der Waals surface area contributed by atoms with Crippen molar-refractivity contribution in [3.05, 3.63) is 0 Å². The number of ether oxygens (including phenoxy) is 1. The minimum absolute atomic E-state index is 0.0445. The monoisotopic (exact) mass is 254 g/mol. The van der Waals surface area contributed by atoms with E-state index in [9.17, 15) is 4.79 Å². The maximum Gasteiger partial charge on any atom is 0.246 e. The summed E-state index contributed by atoms with van der Waals surface area (Å²) in [5.74, 6) is 0.914. The zero-order valence-corrected chi connectivity index (χ0v) is 11.6. The number of carbonyl (C=O) groups excluding carboxylic acids is 1. The normalized spacial score (nSPS) is 30.6. The molecule has 0 aromatic carbocycles. The first-order valence-electron chi connectivity index (χ1n) is 7.25. The molecule has 0 radical (unpaired) electrons. The molecule has 0 aromatic rings. The zero-order valence-electron chi connectivity index (χ0n) is 11.6. The first-order chi connectivity index (χ1) is 8.61. The predicted octanol–water partition coefficient (Wildman–Crippen LogP) is 1.45. The van der Waals surface area contributed by atoms with Gasteiger partial charge in [-0.1, -0.05) is 13.3 Å². The van der Waals surface area contributed by atoms with E-state index in [0.29, 0.717) is 6.04 Å². The quantitative estimate of drug-likeness (QED) is 0.781. The van der Waals surface area contributed by atoms with Crippen molar-refractivity contribution in [2.75, 3.05) is 19.7 Å². The van der Waals surface area contributed by atoms with Gasteiger partial charge in [0, 0.05) is 19.1 Å². The Labute approximate surface area is 110 Å². The molecular weight excluding hydrogens is 228 g/mol. The van der Waals surface area contributed by atoms with E-state index < -0.39 is 0 Å². The third-order valence-corrected chi connectivity index (χ3v) is 4.34. The van der Waals surface area contributed by atoms with Crippen LogP contribution in [0.2, 0.25) is 0 Å². The molecule has 0 spiro atoms. The molecule has 1 aliphatic heterocycles. The number of carbonyl (C=O) groups is 1. The minimum Gasteiger partial charge on any atom is -0.363 e. The summed E-state index contributed by atoms with van der Waals surface area (Å²) in [7, 11) is 0. The van der Waals surface area contributed by atoms with Crippen molar-refractivity contribution in [2.45, 2.75) is 57.6 Å². The van der Waals surface area contributed by atoms with Crippen LogP contribution in [0, 0.1) is 5.92 Å². The molecule has 0 unspecified atom stereocenters. The van der Waals surface area contributed by atoms with Gasteiger partial charge in [0.25, 0.3) is 0 Å².